The lowest BCUT2D eigenvalue weighted by Gasteiger charge is -2.20. The Morgan fingerprint density at radius 3 is 2.83 bits per heavy atom. The number of pyridine rings is 1. The molecular weight excluding hydrogens is 288 g/mol. The fourth-order valence-electron chi connectivity index (χ4n) is 3.43. The van der Waals surface area contributed by atoms with Gasteiger partial charge in [0.15, 0.2) is 5.65 Å². The van der Waals surface area contributed by atoms with Crippen molar-refractivity contribution in [3.05, 3.63) is 42.0 Å². The third-order valence-electron chi connectivity index (χ3n) is 4.70. The summed E-state index contributed by atoms with van der Waals surface area (Å²) in [5.41, 5.74) is 1.80. The molecule has 0 bridgehead atoms. The van der Waals surface area contributed by atoms with E-state index in [1.165, 1.54) is 0 Å². The van der Waals surface area contributed by atoms with Crippen molar-refractivity contribution >= 4 is 11.2 Å². The molecule has 0 aliphatic carbocycles. The SMILES string of the molecule is Cc1ccc(-n2c(C3CCN(C(C)C)C3)nc3cccnc32)o1. The Labute approximate surface area is 135 Å². The van der Waals surface area contributed by atoms with Crippen LogP contribution in [0, 0.1) is 6.92 Å². The fourth-order valence-corrected chi connectivity index (χ4v) is 3.43. The van der Waals surface area contributed by atoms with Crippen LogP contribution < -0.4 is 0 Å². The Balaban J connectivity index is 1.83. The van der Waals surface area contributed by atoms with E-state index >= 15 is 0 Å². The molecule has 5 heteroatoms. The molecule has 0 aromatic carbocycles. The highest BCUT2D eigenvalue weighted by atomic mass is 16.4. The first-order chi connectivity index (χ1) is 11.1. The van der Waals surface area contributed by atoms with Gasteiger partial charge in [0, 0.05) is 30.8 Å². The highest BCUT2D eigenvalue weighted by Gasteiger charge is 2.30. The zero-order chi connectivity index (χ0) is 16.0. The van der Waals surface area contributed by atoms with Crippen LogP contribution >= 0.6 is 0 Å². The predicted molar refractivity (Wildman–Crippen MR) is 89.9 cm³/mol. The third-order valence-corrected chi connectivity index (χ3v) is 4.70. The summed E-state index contributed by atoms with van der Waals surface area (Å²) in [4.78, 5) is 11.9. The Hall–Kier alpha value is -2.14. The molecule has 3 aromatic rings. The molecule has 0 amide bonds. The van der Waals surface area contributed by atoms with Crippen molar-refractivity contribution < 1.29 is 4.42 Å². The van der Waals surface area contributed by atoms with Crippen LogP contribution in [0.4, 0.5) is 0 Å². The van der Waals surface area contributed by atoms with Crippen molar-refractivity contribution in [1.29, 1.82) is 0 Å². The normalized spacial score (nSPS) is 19.2. The largest absolute Gasteiger partial charge is 0.445 e. The van der Waals surface area contributed by atoms with E-state index in [2.05, 4.69) is 28.3 Å². The molecule has 1 fully saturated rings. The number of nitrogens with zero attached hydrogens (tertiary/aromatic N) is 4. The first-order valence-corrected chi connectivity index (χ1v) is 8.27. The second-order valence-electron chi connectivity index (χ2n) is 6.61. The molecule has 1 atom stereocenters. The average molecular weight is 310 g/mol. The minimum Gasteiger partial charge on any atom is -0.445 e. The molecule has 120 valence electrons. The first-order valence-electron chi connectivity index (χ1n) is 8.27. The molecule has 0 radical (unpaired) electrons. The van der Waals surface area contributed by atoms with E-state index in [4.69, 9.17) is 9.40 Å². The minimum atomic E-state index is 0.414. The fraction of sp³-hybridized carbons (Fsp3) is 0.444. The van der Waals surface area contributed by atoms with Gasteiger partial charge in [-0.15, -0.1) is 0 Å². The van der Waals surface area contributed by atoms with Crippen LogP contribution in [-0.4, -0.2) is 38.6 Å². The summed E-state index contributed by atoms with van der Waals surface area (Å²) in [6.07, 6.45) is 2.94. The van der Waals surface area contributed by atoms with Crippen LogP contribution in [0.15, 0.2) is 34.9 Å². The summed E-state index contributed by atoms with van der Waals surface area (Å²) in [5.74, 6) is 3.19. The van der Waals surface area contributed by atoms with Crippen molar-refractivity contribution in [3.8, 4) is 5.88 Å². The molecule has 0 spiro atoms. The Morgan fingerprint density at radius 2 is 2.13 bits per heavy atom. The second-order valence-corrected chi connectivity index (χ2v) is 6.61. The highest BCUT2D eigenvalue weighted by molar-refractivity contribution is 5.73. The molecule has 5 nitrogen and oxygen atoms in total. The molecule has 0 saturated carbocycles. The van der Waals surface area contributed by atoms with Crippen molar-refractivity contribution in [2.24, 2.45) is 0 Å². The summed E-state index contributed by atoms with van der Waals surface area (Å²) < 4.78 is 7.97. The van der Waals surface area contributed by atoms with E-state index in [9.17, 15) is 0 Å². The molecule has 1 aliphatic heterocycles. The van der Waals surface area contributed by atoms with E-state index in [-0.39, 0.29) is 0 Å². The van der Waals surface area contributed by atoms with Crippen LogP contribution in [0.3, 0.4) is 0 Å². The zero-order valence-corrected chi connectivity index (χ0v) is 13.9. The van der Waals surface area contributed by atoms with Gasteiger partial charge in [-0.1, -0.05) is 0 Å². The standard InChI is InChI=1S/C18H22N4O/c1-12(2)21-10-8-14(11-21)17-20-15-5-4-9-19-18(15)22(17)16-7-6-13(3)23-16/h4-7,9,12,14H,8,10-11H2,1-3H3. The van der Waals surface area contributed by atoms with Crippen molar-refractivity contribution in [1.82, 2.24) is 19.4 Å². The maximum absolute atomic E-state index is 5.88. The number of rotatable bonds is 3. The summed E-state index contributed by atoms with van der Waals surface area (Å²) in [7, 11) is 0. The van der Waals surface area contributed by atoms with Gasteiger partial charge in [0.2, 0.25) is 5.88 Å². The summed E-state index contributed by atoms with van der Waals surface area (Å²) in [6, 6.07) is 8.52. The van der Waals surface area contributed by atoms with Crippen LogP contribution in [0.25, 0.3) is 17.0 Å². The van der Waals surface area contributed by atoms with Crippen LogP contribution in [-0.2, 0) is 0 Å². The van der Waals surface area contributed by atoms with Crippen molar-refractivity contribution in [2.75, 3.05) is 13.1 Å². The van der Waals surface area contributed by atoms with E-state index in [0.29, 0.717) is 12.0 Å². The van der Waals surface area contributed by atoms with Gasteiger partial charge in [-0.05, 0) is 51.9 Å². The van der Waals surface area contributed by atoms with Crippen LogP contribution in [0.1, 0.15) is 37.8 Å². The molecule has 4 heterocycles. The topological polar surface area (TPSA) is 47.1 Å². The van der Waals surface area contributed by atoms with Gasteiger partial charge in [-0.2, -0.15) is 0 Å². The van der Waals surface area contributed by atoms with E-state index in [1.807, 2.05) is 37.4 Å². The smallest absolute Gasteiger partial charge is 0.206 e. The second kappa shape index (κ2) is 5.49. The number of furan rings is 1. The van der Waals surface area contributed by atoms with Gasteiger partial charge in [-0.3, -0.25) is 0 Å². The molecule has 1 aliphatic rings. The maximum atomic E-state index is 5.88. The highest BCUT2D eigenvalue weighted by Crippen LogP contribution is 2.32. The molecule has 3 aromatic heterocycles. The Morgan fingerprint density at radius 1 is 1.26 bits per heavy atom. The number of imidazole rings is 1. The van der Waals surface area contributed by atoms with Gasteiger partial charge < -0.3 is 9.32 Å². The first kappa shape index (κ1) is 14.5. The molecular formula is C18H22N4O. The van der Waals surface area contributed by atoms with Gasteiger partial charge in [0.05, 0.1) is 0 Å². The molecule has 1 unspecified atom stereocenters. The Kier molecular flexibility index (Phi) is 3.45. The number of aryl methyl sites for hydroxylation is 1. The lowest BCUT2D eigenvalue weighted by molar-refractivity contribution is 0.271. The van der Waals surface area contributed by atoms with Crippen LogP contribution in [0.5, 0.6) is 0 Å². The number of aromatic nitrogens is 3. The summed E-state index contributed by atoms with van der Waals surface area (Å²) >= 11 is 0. The molecule has 4 rings (SSSR count). The molecule has 0 N–H and O–H groups in total. The number of fused-ring (bicyclic) bond motifs is 1. The number of hydrogen-bond acceptors (Lipinski definition) is 4. The monoisotopic (exact) mass is 310 g/mol. The van der Waals surface area contributed by atoms with E-state index in [0.717, 1.165) is 48.1 Å². The minimum absolute atomic E-state index is 0.414. The van der Waals surface area contributed by atoms with Crippen LogP contribution in [0.2, 0.25) is 0 Å². The average Bonchev–Trinajstić information content (AvgIpc) is 3.23. The third kappa shape index (κ3) is 2.45. The maximum Gasteiger partial charge on any atom is 0.206 e. The molecule has 23 heavy (non-hydrogen) atoms. The number of likely N-dealkylation sites (tertiary alicyclic amines) is 1. The molecule has 1 saturated heterocycles. The Bertz CT molecular complexity index is 833. The van der Waals surface area contributed by atoms with Gasteiger partial charge in [-0.25, -0.2) is 14.5 Å². The summed E-state index contributed by atoms with van der Waals surface area (Å²) in [6.45, 7) is 8.63. The van der Waals surface area contributed by atoms with E-state index in [1.54, 1.807) is 0 Å². The quantitative estimate of drug-likeness (QED) is 0.742. The van der Waals surface area contributed by atoms with E-state index < -0.39 is 0 Å². The van der Waals surface area contributed by atoms with Gasteiger partial charge >= 0.3 is 0 Å². The lowest BCUT2D eigenvalue weighted by atomic mass is 10.1. The van der Waals surface area contributed by atoms with Gasteiger partial charge in [0.1, 0.15) is 17.1 Å². The van der Waals surface area contributed by atoms with Crippen molar-refractivity contribution in [2.45, 2.75) is 39.2 Å². The lowest BCUT2D eigenvalue weighted by Crippen LogP contribution is -2.28. The summed E-state index contributed by atoms with van der Waals surface area (Å²) in [5, 5.41) is 0. The zero-order valence-electron chi connectivity index (χ0n) is 13.9. The van der Waals surface area contributed by atoms with Gasteiger partial charge in [0.25, 0.3) is 0 Å². The number of hydrogen-bond donors (Lipinski definition) is 0. The predicted octanol–water partition coefficient (Wildman–Crippen LogP) is 3.52. The van der Waals surface area contributed by atoms with Crippen molar-refractivity contribution in [3.63, 3.8) is 0 Å².